The Labute approximate surface area is 121 Å². The number of aliphatic hydroxyl groups excluding tert-OH is 1. The van der Waals surface area contributed by atoms with Gasteiger partial charge in [-0.25, -0.2) is 0 Å². The fourth-order valence-corrected chi connectivity index (χ4v) is 2.78. The van der Waals surface area contributed by atoms with E-state index >= 15 is 0 Å². The predicted octanol–water partition coefficient (Wildman–Crippen LogP) is 3.78. The lowest BCUT2D eigenvalue weighted by molar-refractivity contribution is 0.182. The number of aliphatic hydroxyl groups is 1. The number of rotatable bonds is 8. The molecule has 1 atom stereocenters. The third-order valence-electron chi connectivity index (χ3n) is 3.65. The second-order valence-corrected chi connectivity index (χ2v) is 6.72. The molecule has 1 rings (SSSR count). The molecule has 0 saturated heterocycles. The Kier molecular flexibility index (Phi) is 6.90. The van der Waals surface area contributed by atoms with E-state index in [0.717, 1.165) is 25.0 Å². The molecule has 108 valence electrons. The van der Waals surface area contributed by atoms with Crippen LogP contribution in [0.25, 0.3) is 0 Å². The molecule has 0 spiro atoms. The van der Waals surface area contributed by atoms with Crippen molar-refractivity contribution in [2.24, 2.45) is 5.73 Å². The summed E-state index contributed by atoms with van der Waals surface area (Å²) in [5.41, 5.74) is 7.07. The summed E-state index contributed by atoms with van der Waals surface area (Å²) in [7, 11) is 0. The smallest absolute Gasteiger partial charge is 0.0611 e. The highest BCUT2D eigenvalue weighted by Gasteiger charge is 2.20. The van der Waals surface area contributed by atoms with Gasteiger partial charge in [-0.15, -0.1) is 11.8 Å². The van der Waals surface area contributed by atoms with Crippen LogP contribution < -0.4 is 5.73 Å². The zero-order chi connectivity index (χ0) is 14.3. The van der Waals surface area contributed by atoms with Gasteiger partial charge in [-0.05, 0) is 48.6 Å². The van der Waals surface area contributed by atoms with Crippen molar-refractivity contribution in [1.82, 2.24) is 0 Å². The molecular formula is C16H27NOS. The molecule has 0 bridgehead atoms. The summed E-state index contributed by atoms with van der Waals surface area (Å²) < 4.78 is 0. The van der Waals surface area contributed by atoms with E-state index in [1.54, 1.807) is 0 Å². The minimum atomic E-state index is -0.387. The summed E-state index contributed by atoms with van der Waals surface area (Å²) in [4.78, 5) is 1.31. The number of benzene rings is 1. The molecule has 1 aromatic rings. The lowest BCUT2D eigenvalue weighted by Crippen LogP contribution is -2.42. The monoisotopic (exact) mass is 281 g/mol. The van der Waals surface area contributed by atoms with E-state index < -0.39 is 0 Å². The third-order valence-corrected chi connectivity index (χ3v) is 4.75. The molecule has 0 aliphatic heterocycles. The van der Waals surface area contributed by atoms with Gasteiger partial charge in [0, 0.05) is 10.4 Å². The van der Waals surface area contributed by atoms with Gasteiger partial charge >= 0.3 is 0 Å². The number of nitrogens with two attached hydrogens (primary N) is 1. The van der Waals surface area contributed by atoms with E-state index in [2.05, 4.69) is 38.1 Å². The second kappa shape index (κ2) is 7.93. The van der Waals surface area contributed by atoms with Crippen LogP contribution in [-0.2, 0) is 0 Å². The van der Waals surface area contributed by atoms with Gasteiger partial charge in [-0.3, -0.25) is 0 Å². The van der Waals surface area contributed by atoms with E-state index in [-0.39, 0.29) is 12.1 Å². The van der Waals surface area contributed by atoms with E-state index in [9.17, 15) is 5.11 Å². The van der Waals surface area contributed by atoms with Gasteiger partial charge in [0.1, 0.15) is 0 Å². The van der Waals surface area contributed by atoms with Crippen LogP contribution in [0, 0.1) is 0 Å². The zero-order valence-electron chi connectivity index (χ0n) is 12.4. The highest BCUT2D eigenvalue weighted by molar-refractivity contribution is 7.99. The van der Waals surface area contributed by atoms with Gasteiger partial charge < -0.3 is 10.8 Å². The fraction of sp³-hybridized carbons (Fsp3) is 0.625. The molecule has 1 unspecified atom stereocenters. The molecule has 0 saturated carbocycles. The maximum absolute atomic E-state index is 9.25. The molecule has 1 aromatic carbocycles. The Morgan fingerprint density at radius 3 is 2.37 bits per heavy atom. The van der Waals surface area contributed by atoms with E-state index in [1.807, 2.05) is 18.7 Å². The van der Waals surface area contributed by atoms with Crippen LogP contribution >= 0.6 is 11.8 Å². The highest BCUT2D eigenvalue weighted by atomic mass is 32.2. The van der Waals surface area contributed by atoms with Crippen molar-refractivity contribution in [3.63, 3.8) is 0 Å². The highest BCUT2D eigenvalue weighted by Crippen LogP contribution is 2.24. The topological polar surface area (TPSA) is 46.2 Å². The van der Waals surface area contributed by atoms with Crippen LogP contribution in [0.4, 0.5) is 0 Å². The maximum atomic E-state index is 9.25. The first-order valence-electron chi connectivity index (χ1n) is 7.13. The van der Waals surface area contributed by atoms with Crippen molar-refractivity contribution >= 4 is 11.8 Å². The van der Waals surface area contributed by atoms with Crippen molar-refractivity contribution in [1.29, 1.82) is 0 Å². The summed E-state index contributed by atoms with van der Waals surface area (Å²) in [6.45, 7) is 6.54. The van der Waals surface area contributed by atoms with Gasteiger partial charge in [0.05, 0.1) is 6.61 Å². The first kappa shape index (κ1) is 16.5. The van der Waals surface area contributed by atoms with Gasteiger partial charge in [-0.1, -0.05) is 32.9 Å². The van der Waals surface area contributed by atoms with Gasteiger partial charge in [0.25, 0.3) is 0 Å². The Morgan fingerprint density at radius 2 is 1.89 bits per heavy atom. The van der Waals surface area contributed by atoms with Crippen molar-refractivity contribution in [2.75, 3.05) is 12.4 Å². The van der Waals surface area contributed by atoms with Crippen LogP contribution in [0.5, 0.6) is 0 Å². The number of hydrogen-bond acceptors (Lipinski definition) is 3. The molecule has 0 aliphatic rings. The Morgan fingerprint density at radius 1 is 1.26 bits per heavy atom. The first-order chi connectivity index (χ1) is 9.00. The third kappa shape index (κ3) is 5.55. The van der Waals surface area contributed by atoms with E-state index in [4.69, 9.17) is 5.73 Å². The van der Waals surface area contributed by atoms with Crippen molar-refractivity contribution in [3.05, 3.63) is 29.8 Å². The zero-order valence-corrected chi connectivity index (χ0v) is 13.2. The normalized spacial score (nSPS) is 14.6. The molecule has 0 amide bonds. The molecule has 19 heavy (non-hydrogen) atoms. The Bertz CT molecular complexity index is 358. The van der Waals surface area contributed by atoms with Gasteiger partial charge in [0.15, 0.2) is 0 Å². The van der Waals surface area contributed by atoms with Gasteiger partial charge in [-0.2, -0.15) is 0 Å². The minimum absolute atomic E-state index is 0.0806. The molecule has 0 aromatic heterocycles. The molecule has 0 fully saturated rings. The van der Waals surface area contributed by atoms with Crippen LogP contribution in [0.2, 0.25) is 0 Å². The van der Waals surface area contributed by atoms with Crippen LogP contribution in [-0.4, -0.2) is 23.0 Å². The summed E-state index contributed by atoms with van der Waals surface area (Å²) in [5.74, 6) is 1.64. The second-order valence-electron chi connectivity index (χ2n) is 5.55. The molecule has 3 N–H and O–H groups in total. The Balaban J connectivity index is 2.33. The van der Waals surface area contributed by atoms with Crippen LogP contribution in [0.15, 0.2) is 29.2 Å². The standard InChI is InChI=1S/C16H27NOS/c1-4-16(17,12-18)10-5-11-19-15-8-6-14(7-9-15)13(2)3/h6-9,13,18H,4-5,10-12,17H2,1-3H3. The van der Waals surface area contributed by atoms with Crippen LogP contribution in [0.1, 0.15) is 51.5 Å². The first-order valence-corrected chi connectivity index (χ1v) is 8.12. The number of hydrogen-bond donors (Lipinski definition) is 2. The lowest BCUT2D eigenvalue weighted by atomic mass is 9.93. The minimum Gasteiger partial charge on any atom is -0.394 e. The largest absolute Gasteiger partial charge is 0.394 e. The van der Waals surface area contributed by atoms with E-state index in [1.165, 1.54) is 10.5 Å². The predicted molar refractivity (Wildman–Crippen MR) is 84.8 cm³/mol. The van der Waals surface area contributed by atoms with Gasteiger partial charge in [0.2, 0.25) is 0 Å². The lowest BCUT2D eigenvalue weighted by Gasteiger charge is -2.25. The number of thioether (sulfide) groups is 1. The summed E-state index contributed by atoms with van der Waals surface area (Å²) in [5, 5.41) is 9.25. The average Bonchev–Trinajstić information content (AvgIpc) is 2.44. The SMILES string of the molecule is CCC(N)(CO)CCCSc1ccc(C(C)C)cc1. The summed E-state index contributed by atoms with van der Waals surface area (Å²) in [6, 6.07) is 8.81. The van der Waals surface area contributed by atoms with Crippen LogP contribution in [0.3, 0.4) is 0 Å². The van der Waals surface area contributed by atoms with Crippen molar-refractivity contribution in [2.45, 2.75) is 56.4 Å². The summed E-state index contributed by atoms with van der Waals surface area (Å²) >= 11 is 1.87. The molecule has 0 radical (unpaired) electrons. The molecule has 2 nitrogen and oxygen atoms in total. The molecular weight excluding hydrogens is 254 g/mol. The molecule has 3 heteroatoms. The fourth-order valence-electron chi connectivity index (χ4n) is 1.93. The maximum Gasteiger partial charge on any atom is 0.0611 e. The van der Waals surface area contributed by atoms with Crippen molar-refractivity contribution < 1.29 is 5.11 Å². The van der Waals surface area contributed by atoms with Crippen molar-refractivity contribution in [3.8, 4) is 0 Å². The Hall–Kier alpha value is -0.510. The molecule has 0 aliphatic carbocycles. The summed E-state index contributed by atoms with van der Waals surface area (Å²) in [6.07, 6.45) is 2.76. The average molecular weight is 281 g/mol. The quantitative estimate of drug-likeness (QED) is 0.563. The van der Waals surface area contributed by atoms with E-state index in [0.29, 0.717) is 5.92 Å². The molecule has 0 heterocycles.